The first-order valence-corrected chi connectivity index (χ1v) is 6.49. The number of carbonyl (C=O) groups is 1. The van der Waals surface area contributed by atoms with Crippen molar-refractivity contribution in [1.29, 1.82) is 0 Å². The van der Waals surface area contributed by atoms with Gasteiger partial charge in [-0.25, -0.2) is 4.79 Å². The van der Waals surface area contributed by atoms with Gasteiger partial charge in [-0.05, 0) is 48.9 Å². The van der Waals surface area contributed by atoms with Crippen molar-refractivity contribution >= 4 is 16.9 Å². The molecule has 0 spiro atoms. The zero-order valence-electron chi connectivity index (χ0n) is 11.4. The number of hydrogen-bond acceptors (Lipinski definition) is 3. The van der Waals surface area contributed by atoms with E-state index < -0.39 is 5.97 Å². The third-order valence-corrected chi connectivity index (χ3v) is 3.38. The maximum atomic E-state index is 10.9. The van der Waals surface area contributed by atoms with Crippen LogP contribution in [-0.4, -0.2) is 21.2 Å². The van der Waals surface area contributed by atoms with Crippen molar-refractivity contribution in [1.82, 2.24) is 4.98 Å². The van der Waals surface area contributed by atoms with Crippen molar-refractivity contribution in [3.05, 3.63) is 59.8 Å². The molecule has 2 N–H and O–H groups in total. The van der Waals surface area contributed by atoms with Crippen molar-refractivity contribution in [3.8, 4) is 16.9 Å². The van der Waals surface area contributed by atoms with Crippen LogP contribution in [0.15, 0.2) is 48.5 Å². The van der Waals surface area contributed by atoms with Crippen molar-refractivity contribution in [2.75, 3.05) is 0 Å². The van der Waals surface area contributed by atoms with Crippen molar-refractivity contribution in [2.45, 2.75) is 6.92 Å². The molecule has 0 saturated carbocycles. The first-order chi connectivity index (χ1) is 10.0. The summed E-state index contributed by atoms with van der Waals surface area (Å²) >= 11 is 0. The Labute approximate surface area is 121 Å². The molecule has 0 unspecified atom stereocenters. The number of carboxylic acids is 1. The standard InChI is InChI=1S/C17H13NO3/c1-10-2-3-12-8-11(5-7-15(12)18-10)14-6-4-13(17(20)21)9-16(14)19/h2-9,19H,1H3,(H,20,21). The van der Waals surface area contributed by atoms with Gasteiger partial charge in [-0.3, -0.25) is 4.98 Å². The molecule has 0 aliphatic rings. The number of fused-ring (bicyclic) bond motifs is 1. The predicted octanol–water partition coefficient (Wildman–Crippen LogP) is 3.61. The van der Waals surface area contributed by atoms with E-state index >= 15 is 0 Å². The number of phenolic OH excluding ortho intramolecular Hbond substituents is 1. The summed E-state index contributed by atoms with van der Waals surface area (Å²) in [6.45, 7) is 1.93. The highest BCUT2D eigenvalue weighted by atomic mass is 16.4. The molecule has 0 radical (unpaired) electrons. The molecular weight excluding hydrogens is 266 g/mol. The molecule has 0 bridgehead atoms. The highest BCUT2D eigenvalue weighted by Gasteiger charge is 2.10. The van der Waals surface area contributed by atoms with Gasteiger partial charge < -0.3 is 10.2 Å². The van der Waals surface area contributed by atoms with E-state index in [2.05, 4.69) is 4.98 Å². The number of aromatic nitrogens is 1. The van der Waals surface area contributed by atoms with Gasteiger partial charge in [-0.1, -0.05) is 12.1 Å². The zero-order valence-corrected chi connectivity index (χ0v) is 11.4. The quantitative estimate of drug-likeness (QED) is 0.751. The van der Waals surface area contributed by atoms with Crippen molar-refractivity contribution < 1.29 is 15.0 Å². The Balaban J connectivity index is 2.12. The van der Waals surface area contributed by atoms with Gasteiger partial charge in [-0.2, -0.15) is 0 Å². The Morgan fingerprint density at radius 2 is 1.86 bits per heavy atom. The van der Waals surface area contributed by atoms with Gasteiger partial charge in [-0.15, -0.1) is 0 Å². The Kier molecular flexibility index (Phi) is 3.06. The summed E-state index contributed by atoms with van der Waals surface area (Å²) in [7, 11) is 0. The van der Waals surface area contributed by atoms with Crippen LogP contribution in [0.2, 0.25) is 0 Å². The predicted molar refractivity (Wildman–Crippen MR) is 80.5 cm³/mol. The van der Waals surface area contributed by atoms with Crippen LogP contribution in [0.25, 0.3) is 22.0 Å². The number of aromatic hydroxyl groups is 1. The van der Waals surface area contributed by atoms with E-state index in [1.807, 2.05) is 37.3 Å². The summed E-state index contributed by atoms with van der Waals surface area (Å²) in [5.41, 5.74) is 3.32. The number of phenols is 1. The lowest BCUT2D eigenvalue weighted by Crippen LogP contribution is -1.95. The summed E-state index contributed by atoms with van der Waals surface area (Å²) in [5, 5.41) is 19.9. The van der Waals surface area contributed by atoms with Gasteiger partial charge in [0.2, 0.25) is 0 Å². The number of pyridine rings is 1. The van der Waals surface area contributed by atoms with Crippen LogP contribution in [0.1, 0.15) is 16.1 Å². The zero-order chi connectivity index (χ0) is 15.0. The van der Waals surface area contributed by atoms with Crippen molar-refractivity contribution in [2.24, 2.45) is 0 Å². The maximum Gasteiger partial charge on any atom is 0.335 e. The Morgan fingerprint density at radius 1 is 1.05 bits per heavy atom. The molecule has 3 rings (SSSR count). The molecule has 0 amide bonds. The highest BCUT2D eigenvalue weighted by molar-refractivity contribution is 5.91. The van der Waals surface area contributed by atoms with E-state index in [1.165, 1.54) is 12.1 Å². The van der Waals surface area contributed by atoms with E-state index in [4.69, 9.17) is 5.11 Å². The minimum Gasteiger partial charge on any atom is -0.507 e. The Morgan fingerprint density at radius 3 is 2.57 bits per heavy atom. The molecule has 1 heterocycles. The van der Waals surface area contributed by atoms with Gasteiger partial charge in [0, 0.05) is 16.6 Å². The van der Waals surface area contributed by atoms with Crippen LogP contribution in [0.3, 0.4) is 0 Å². The Hall–Kier alpha value is -2.88. The number of nitrogens with zero attached hydrogens (tertiary/aromatic N) is 1. The fraction of sp³-hybridized carbons (Fsp3) is 0.0588. The van der Waals surface area contributed by atoms with E-state index in [-0.39, 0.29) is 11.3 Å². The molecule has 0 atom stereocenters. The fourth-order valence-corrected chi connectivity index (χ4v) is 2.30. The molecule has 2 aromatic carbocycles. The number of carboxylic acid groups (broad SMARTS) is 1. The average Bonchev–Trinajstić information content (AvgIpc) is 2.46. The summed E-state index contributed by atoms with van der Waals surface area (Å²) < 4.78 is 0. The van der Waals surface area contributed by atoms with Gasteiger partial charge in [0.1, 0.15) is 5.75 Å². The second-order valence-electron chi connectivity index (χ2n) is 4.90. The number of benzene rings is 2. The number of hydrogen-bond donors (Lipinski definition) is 2. The normalized spacial score (nSPS) is 10.7. The topological polar surface area (TPSA) is 70.4 Å². The molecule has 0 saturated heterocycles. The first kappa shape index (κ1) is 13.1. The van der Waals surface area contributed by atoms with Crippen LogP contribution in [-0.2, 0) is 0 Å². The van der Waals surface area contributed by atoms with Crippen LogP contribution in [0, 0.1) is 6.92 Å². The van der Waals surface area contributed by atoms with Crippen LogP contribution < -0.4 is 0 Å². The molecule has 1 aromatic heterocycles. The number of aromatic carboxylic acids is 1. The highest BCUT2D eigenvalue weighted by Crippen LogP contribution is 2.31. The minimum absolute atomic E-state index is 0.0469. The minimum atomic E-state index is -1.06. The van der Waals surface area contributed by atoms with Gasteiger partial charge in [0.05, 0.1) is 11.1 Å². The first-order valence-electron chi connectivity index (χ1n) is 6.49. The largest absolute Gasteiger partial charge is 0.507 e. The van der Waals surface area contributed by atoms with Gasteiger partial charge in [0.25, 0.3) is 0 Å². The third-order valence-electron chi connectivity index (χ3n) is 3.38. The number of aryl methyl sites for hydroxylation is 1. The van der Waals surface area contributed by atoms with Gasteiger partial charge in [0.15, 0.2) is 0 Å². The van der Waals surface area contributed by atoms with Crippen LogP contribution >= 0.6 is 0 Å². The lowest BCUT2D eigenvalue weighted by atomic mass is 10.0. The molecule has 0 aliphatic heterocycles. The van der Waals surface area contributed by atoms with Crippen LogP contribution in [0.5, 0.6) is 5.75 Å². The van der Waals surface area contributed by atoms with E-state index in [1.54, 1.807) is 6.07 Å². The summed E-state index contributed by atoms with van der Waals surface area (Å²) in [4.78, 5) is 15.3. The average molecular weight is 279 g/mol. The molecule has 4 heteroatoms. The molecule has 3 aromatic rings. The SMILES string of the molecule is Cc1ccc2cc(-c3ccc(C(=O)O)cc3O)ccc2n1. The molecule has 104 valence electrons. The third kappa shape index (κ3) is 2.43. The van der Waals surface area contributed by atoms with Crippen LogP contribution in [0.4, 0.5) is 0 Å². The molecule has 0 fully saturated rings. The lowest BCUT2D eigenvalue weighted by molar-refractivity contribution is 0.0696. The lowest BCUT2D eigenvalue weighted by Gasteiger charge is -2.07. The molecule has 21 heavy (non-hydrogen) atoms. The van der Waals surface area contributed by atoms with Gasteiger partial charge >= 0.3 is 5.97 Å². The molecule has 4 nitrogen and oxygen atoms in total. The summed E-state index contributed by atoms with van der Waals surface area (Å²) in [6.07, 6.45) is 0. The smallest absolute Gasteiger partial charge is 0.335 e. The second kappa shape index (κ2) is 4.90. The fourth-order valence-electron chi connectivity index (χ4n) is 2.30. The van der Waals surface area contributed by atoms with E-state index in [0.29, 0.717) is 5.56 Å². The Bertz CT molecular complexity index is 856. The number of rotatable bonds is 2. The monoisotopic (exact) mass is 279 g/mol. The molecular formula is C17H13NO3. The second-order valence-corrected chi connectivity index (χ2v) is 4.90. The summed E-state index contributed by atoms with van der Waals surface area (Å²) in [5.74, 6) is -1.11. The molecule has 0 aliphatic carbocycles. The van der Waals surface area contributed by atoms with E-state index in [0.717, 1.165) is 22.2 Å². The maximum absolute atomic E-state index is 10.9. The summed E-state index contributed by atoms with van der Waals surface area (Å²) in [6, 6.07) is 13.9. The van der Waals surface area contributed by atoms with Crippen molar-refractivity contribution in [3.63, 3.8) is 0 Å². The van der Waals surface area contributed by atoms with E-state index in [9.17, 15) is 9.90 Å².